The molecule has 2 saturated heterocycles. The van der Waals surface area contributed by atoms with Crippen molar-refractivity contribution in [2.75, 3.05) is 6.61 Å². The Bertz CT molecular complexity index is 1300. The molecule has 0 radical (unpaired) electrons. The molecule has 17 unspecified atom stereocenters. The van der Waals surface area contributed by atoms with Crippen LogP contribution >= 0.6 is 0 Å². The zero-order chi connectivity index (χ0) is 34.3. The van der Waals surface area contributed by atoms with E-state index in [-0.39, 0.29) is 52.0 Å². The molecule has 5 saturated carbocycles. The number of carbonyl (C=O) groups is 2. The minimum absolute atomic E-state index is 0.0000667. The molecule has 47 heavy (non-hydrogen) atoms. The molecule has 0 bridgehead atoms. The van der Waals surface area contributed by atoms with Gasteiger partial charge in [0, 0.05) is 18.3 Å². The van der Waals surface area contributed by atoms with Crippen LogP contribution in [0.25, 0.3) is 0 Å². The predicted molar refractivity (Wildman–Crippen MR) is 166 cm³/mol. The second kappa shape index (κ2) is 10.7. The molecule has 17 atom stereocenters. The van der Waals surface area contributed by atoms with Gasteiger partial charge >= 0.3 is 5.97 Å². The van der Waals surface area contributed by atoms with Gasteiger partial charge in [-0.2, -0.15) is 0 Å². The van der Waals surface area contributed by atoms with E-state index in [0.717, 1.165) is 38.5 Å². The lowest BCUT2D eigenvalue weighted by molar-refractivity contribution is -0.300. The number of rotatable bonds is 7. The molecular formula is C36H56O11. The summed E-state index contributed by atoms with van der Waals surface area (Å²) in [6.07, 6.45) is -3.33. The molecule has 7 aliphatic rings. The summed E-state index contributed by atoms with van der Waals surface area (Å²) in [5, 5.41) is 64.0. The van der Waals surface area contributed by atoms with Crippen molar-refractivity contribution in [1.82, 2.24) is 0 Å². The number of epoxide rings is 1. The fourth-order valence-electron chi connectivity index (χ4n) is 13.0. The summed E-state index contributed by atoms with van der Waals surface area (Å²) >= 11 is 0. The van der Waals surface area contributed by atoms with E-state index < -0.39 is 66.3 Å². The third kappa shape index (κ3) is 4.33. The molecule has 2 spiro atoms. The first-order valence-electron chi connectivity index (χ1n) is 17.9. The average Bonchev–Trinajstić information content (AvgIpc) is 3.86. The largest absolute Gasteiger partial charge is 0.432 e. The monoisotopic (exact) mass is 664 g/mol. The minimum Gasteiger partial charge on any atom is -0.432 e. The number of aliphatic hydroxyl groups excluding tert-OH is 6. The molecule has 11 heteroatoms. The summed E-state index contributed by atoms with van der Waals surface area (Å²) < 4.78 is 16.8. The quantitative estimate of drug-likeness (QED) is 0.172. The summed E-state index contributed by atoms with van der Waals surface area (Å²) in [6.45, 7) is 12.1. The fraction of sp³-hybridized carbons (Fsp3) is 0.944. The Hall–Kier alpha value is -1.18. The van der Waals surface area contributed by atoms with Gasteiger partial charge < -0.3 is 44.8 Å². The second-order valence-electron chi connectivity index (χ2n) is 17.9. The number of esters is 1. The van der Waals surface area contributed by atoms with Crippen molar-refractivity contribution in [3.8, 4) is 0 Å². The molecule has 0 aromatic rings. The fourth-order valence-corrected chi connectivity index (χ4v) is 13.0. The van der Waals surface area contributed by atoms with Crippen LogP contribution < -0.4 is 0 Å². The number of aliphatic hydroxyl groups is 6. The lowest BCUT2D eigenvalue weighted by Gasteiger charge is -2.63. The van der Waals surface area contributed by atoms with Crippen molar-refractivity contribution in [1.29, 1.82) is 0 Å². The van der Waals surface area contributed by atoms with Crippen molar-refractivity contribution in [3.05, 3.63) is 0 Å². The molecule has 6 N–H and O–H groups in total. The maximum Gasteiger partial charge on any atom is 0.317 e. The van der Waals surface area contributed by atoms with E-state index in [2.05, 4.69) is 20.8 Å². The van der Waals surface area contributed by atoms with Crippen LogP contribution in [0.5, 0.6) is 0 Å². The Kier molecular flexibility index (Phi) is 7.78. The van der Waals surface area contributed by atoms with Gasteiger partial charge in [0.1, 0.15) is 30.5 Å². The Morgan fingerprint density at radius 2 is 1.51 bits per heavy atom. The number of hydrogen-bond acceptors (Lipinski definition) is 11. The number of hydrogen-bond donors (Lipinski definition) is 6. The first-order chi connectivity index (χ1) is 21.9. The van der Waals surface area contributed by atoms with E-state index in [1.807, 2.05) is 13.8 Å². The summed E-state index contributed by atoms with van der Waals surface area (Å²) in [7, 11) is 0. The zero-order valence-corrected chi connectivity index (χ0v) is 28.7. The second-order valence-corrected chi connectivity index (χ2v) is 17.9. The summed E-state index contributed by atoms with van der Waals surface area (Å²) in [6, 6.07) is 0. The van der Waals surface area contributed by atoms with Crippen LogP contribution in [0.1, 0.15) is 99.3 Å². The highest BCUT2D eigenvalue weighted by Gasteiger charge is 2.86. The van der Waals surface area contributed by atoms with Crippen molar-refractivity contribution in [3.63, 3.8) is 0 Å². The smallest absolute Gasteiger partial charge is 0.317 e. The van der Waals surface area contributed by atoms with Gasteiger partial charge in [0.05, 0.1) is 29.8 Å². The molecular weight excluding hydrogens is 608 g/mol. The Labute approximate surface area is 277 Å². The molecule has 0 amide bonds. The summed E-state index contributed by atoms with van der Waals surface area (Å²) in [4.78, 5) is 27.2. The van der Waals surface area contributed by atoms with Crippen molar-refractivity contribution < 1.29 is 54.4 Å². The standard InChI is InChI=1S/C36H56O11/c1-17(13-19(38)28-31(2,3)47-28)18-9-10-33(5)21-7-8-22-34(6,30(44)46-29-27(43)26(42)25(41)20(15-37)45-29)23(39)14-24(40)36(22)16-35(21,36)12-11-32(18,33)4/h17-18,20-29,37,39-43H,7-16H2,1-6H3. The number of fused-ring (bicyclic) bond motifs is 2. The summed E-state index contributed by atoms with van der Waals surface area (Å²) in [5.74, 6) is 0.0292. The van der Waals surface area contributed by atoms with E-state index in [1.54, 1.807) is 6.92 Å². The van der Waals surface area contributed by atoms with E-state index in [4.69, 9.17) is 14.2 Å². The van der Waals surface area contributed by atoms with Crippen LogP contribution in [-0.4, -0.2) is 104 Å². The molecule has 2 heterocycles. The van der Waals surface area contributed by atoms with E-state index in [0.29, 0.717) is 24.7 Å². The minimum atomic E-state index is -1.74. The topological polar surface area (TPSA) is 187 Å². The van der Waals surface area contributed by atoms with E-state index >= 15 is 0 Å². The van der Waals surface area contributed by atoms with Crippen LogP contribution in [-0.2, 0) is 23.8 Å². The Morgan fingerprint density at radius 3 is 2.15 bits per heavy atom. The third-order valence-corrected chi connectivity index (χ3v) is 15.9. The Balaban J connectivity index is 1.13. The molecule has 5 aliphatic carbocycles. The van der Waals surface area contributed by atoms with Crippen LogP contribution in [0.3, 0.4) is 0 Å². The van der Waals surface area contributed by atoms with Crippen LogP contribution in [0, 0.1) is 50.7 Å². The van der Waals surface area contributed by atoms with Gasteiger partial charge in [-0.15, -0.1) is 0 Å². The van der Waals surface area contributed by atoms with Crippen LogP contribution in [0.2, 0.25) is 0 Å². The first kappa shape index (κ1) is 34.3. The van der Waals surface area contributed by atoms with Crippen molar-refractivity contribution in [2.45, 2.75) is 154 Å². The maximum absolute atomic E-state index is 14.1. The molecule has 0 aromatic carbocycles. The van der Waals surface area contributed by atoms with Gasteiger partial charge in [0.2, 0.25) is 6.29 Å². The highest BCUT2D eigenvalue weighted by atomic mass is 16.7. The van der Waals surface area contributed by atoms with E-state index in [9.17, 15) is 40.2 Å². The molecule has 2 aliphatic heterocycles. The number of carbonyl (C=O) groups excluding carboxylic acids is 2. The Morgan fingerprint density at radius 1 is 0.851 bits per heavy atom. The van der Waals surface area contributed by atoms with Gasteiger partial charge in [-0.25, -0.2) is 0 Å². The number of ether oxygens (including phenoxy) is 3. The maximum atomic E-state index is 14.1. The van der Waals surface area contributed by atoms with Crippen LogP contribution in [0.4, 0.5) is 0 Å². The first-order valence-corrected chi connectivity index (χ1v) is 17.9. The summed E-state index contributed by atoms with van der Waals surface area (Å²) in [5.41, 5.74) is -2.46. The van der Waals surface area contributed by atoms with Gasteiger partial charge in [-0.1, -0.05) is 20.8 Å². The van der Waals surface area contributed by atoms with Crippen molar-refractivity contribution in [2.24, 2.45) is 50.7 Å². The van der Waals surface area contributed by atoms with E-state index in [1.165, 1.54) is 0 Å². The highest BCUT2D eigenvalue weighted by Crippen LogP contribution is 2.89. The lowest BCUT2D eigenvalue weighted by atomic mass is 9.41. The van der Waals surface area contributed by atoms with Gasteiger partial charge in [-0.05, 0) is 106 Å². The molecule has 0 aromatic heterocycles. The molecule has 7 fully saturated rings. The number of ketones is 1. The molecule has 11 nitrogen and oxygen atoms in total. The van der Waals surface area contributed by atoms with Gasteiger partial charge in [-0.3, -0.25) is 9.59 Å². The van der Waals surface area contributed by atoms with Gasteiger partial charge in [0.15, 0.2) is 5.78 Å². The lowest BCUT2D eigenvalue weighted by Crippen LogP contribution is -2.65. The number of Topliss-reactive ketones (excluding diaryl/α,β-unsaturated/α-hetero) is 1. The average molecular weight is 665 g/mol. The highest BCUT2D eigenvalue weighted by molar-refractivity contribution is 5.87. The SMILES string of the molecule is CC(CC(=O)C1OC1(C)C)C1CCC2(C)C3CCC4C(C)(C(=O)OC5OC(CO)C(O)C(O)C5O)C(O)CC(O)C45CC35CCC12C. The van der Waals surface area contributed by atoms with Crippen molar-refractivity contribution >= 4 is 11.8 Å². The predicted octanol–water partition coefficient (Wildman–Crippen LogP) is 1.85. The normalized spacial score (nSPS) is 56.3. The van der Waals surface area contributed by atoms with Gasteiger partial charge in [0.25, 0.3) is 0 Å². The zero-order valence-electron chi connectivity index (χ0n) is 28.7. The van der Waals surface area contributed by atoms with Crippen LogP contribution in [0.15, 0.2) is 0 Å². The molecule has 266 valence electrons. The molecule has 7 rings (SSSR count). The third-order valence-electron chi connectivity index (χ3n) is 15.9.